The zero-order valence-corrected chi connectivity index (χ0v) is 14.9. The predicted octanol–water partition coefficient (Wildman–Crippen LogP) is 3.01. The van der Waals surface area contributed by atoms with Crippen LogP contribution in [0.15, 0.2) is 48.5 Å². The molecule has 0 heterocycles. The number of rotatable bonds is 11. The van der Waals surface area contributed by atoms with E-state index in [1.165, 1.54) is 22.5 Å². The van der Waals surface area contributed by atoms with Gasteiger partial charge in [-0.2, -0.15) is 0 Å². The predicted molar refractivity (Wildman–Crippen MR) is 105 cm³/mol. The first kappa shape index (κ1) is 18.3. The van der Waals surface area contributed by atoms with Crippen molar-refractivity contribution in [2.24, 2.45) is 0 Å². The average molecular weight is 326 g/mol. The third kappa shape index (κ3) is 7.49. The maximum atomic E-state index is 3.44. The van der Waals surface area contributed by atoms with Gasteiger partial charge in [-0.05, 0) is 38.1 Å². The smallest absolute Gasteiger partial charge is 0.0340 e. The van der Waals surface area contributed by atoms with Gasteiger partial charge in [-0.25, -0.2) is 0 Å². The average Bonchev–Trinajstić information content (AvgIpc) is 2.60. The summed E-state index contributed by atoms with van der Waals surface area (Å²) in [6, 6.07) is 17.0. The molecule has 0 bridgehead atoms. The van der Waals surface area contributed by atoms with E-state index in [0.29, 0.717) is 0 Å². The second kappa shape index (κ2) is 10.7. The fourth-order valence-corrected chi connectivity index (χ4v) is 2.36. The van der Waals surface area contributed by atoms with Crippen LogP contribution in [0.1, 0.15) is 11.1 Å². The second-order valence-corrected chi connectivity index (χ2v) is 6.09. The molecule has 0 aliphatic heterocycles. The monoisotopic (exact) mass is 326 g/mol. The fourth-order valence-electron chi connectivity index (χ4n) is 2.36. The highest BCUT2D eigenvalue weighted by Crippen LogP contribution is 2.08. The Labute approximate surface area is 146 Å². The Morgan fingerprint density at radius 3 is 1.21 bits per heavy atom. The van der Waals surface area contributed by atoms with Crippen LogP contribution in [-0.4, -0.2) is 39.3 Å². The Kier molecular flexibility index (Phi) is 8.15. The van der Waals surface area contributed by atoms with Gasteiger partial charge < -0.3 is 21.3 Å². The van der Waals surface area contributed by atoms with E-state index in [2.05, 4.69) is 83.6 Å². The number of nitrogens with one attached hydrogen (secondary N) is 4. The molecular formula is C20H30N4. The van der Waals surface area contributed by atoms with Crippen molar-refractivity contribution < 1.29 is 0 Å². The lowest BCUT2D eigenvalue weighted by Crippen LogP contribution is -2.32. The van der Waals surface area contributed by atoms with E-state index in [0.717, 1.165) is 39.3 Å². The molecule has 0 fully saturated rings. The van der Waals surface area contributed by atoms with E-state index >= 15 is 0 Å². The molecule has 0 spiro atoms. The summed E-state index contributed by atoms with van der Waals surface area (Å²) in [5, 5.41) is 13.7. The minimum absolute atomic E-state index is 0.943. The van der Waals surface area contributed by atoms with Crippen LogP contribution in [0.25, 0.3) is 0 Å². The molecule has 0 radical (unpaired) electrons. The third-order valence-electron chi connectivity index (χ3n) is 3.84. The van der Waals surface area contributed by atoms with Crippen molar-refractivity contribution in [1.82, 2.24) is 10.6 Å². The van der Waals surface area contributed by atoms with Gasteiger partial charge in [0.05, 0.1) is 0 Å². The summed E-state index contributed by atoms with van der Waals surface area (Å²) in [6.45, 7) is 10.0. The summed E-state index contributed by atoms with van der Waals surface area (Å²) in [4.78, 5) is 0. The van der Waals surface area contributed by atoms with Gasteiger partial charge in [0.1, 0.15) is 0 Å². The second-order valence-electron chi connectivity index (χ2n) is 6.09. The minimum Gasteiger partial charge on any atom is -0.384 e. The van der Waals surface area contributed by atoms with Gasteiger partial charge in [-0.15, -0.1) is 0 Å². The maximum absolute atomic E-state index is 3.44. The fraction of sp³-hybridized carbons (Fsp3) is 0.400. The van der Waals surface area contributed by atoms with Crippen molar-refractivity contribution in [2.45, 2.75) is 13.8 Å². The summed E-state index contributed by atoms with van der Waals surface area (Å²) in [5.74, 6) is 0. The van der Waals surface area contributed by atoms with Gasteiger partial charge in [0, 0.05) is 50.6 Å². The molecule has 0 saturated heterocycles. The van der Waals surface area contributed by atoms with Crippen LogP contribution < -0.4 is 21.3 Å². The molecule has 0 aliphatic rings. The summed E-state index contributed by atoms with van der Waals surface area (Å²) >= 11 is 0. The number of hydrogen-bond acceptors (Lipinski definition) is 4. The zero-order valence-electron chi connectivity index (χ0n) is 14.9. The standard InChI is InChI=1S/C20H30N4/c1-17-3-7-19(8-4-17)23-15-13-21-11-12-22-14-16-24-20-9-5-18(2)6-10-20/h3-10,21-24H,11-16H2,1-2H3. The minimum atomic E-state index is 0.943. The normalized spacial score (nSPS) is 10.6. The van der Waals surface area contributed by atoms with Crippen LogP contribution in [0, 0.1) is 13.8 Å². The van der Waals surface area contributed by atoms with Gasteiger partial charge in [-0.1, -0.05) is 35.4 Å². The Balaban J connectivity index is 1.40. The molecule has 4 heteroatoms. The van der Waals surface area contributed by atoms with E-state index in [4.69, 9.17) is 0 Å². The van der Waals surface area contributed by atoms with Gasteiger partial charge in [0.2, 0.25) is 0 Å². The van der Waals surface area contributed by atoms with Crippen molar-refractivity contribution in [1.29, 1.82) is 0 Å². The molecule has 2 rings (SSSR count). The quantitative estimate of drug-likeness (QED) is 0.480. The Morgan fingerprint density at radius 1 is 0.500 bits per heavy atom. The molecule has 2 aromatic rings. The van der Waals surface area contributed by atoms with Crippen LogP contribution in [0.3, 0.4) is 0 Å². The topological polar surface area (TPSA) is 48.1 Å². The lowest BCUT2D eigenvalue weighted by molar-refractivity contribution is 0.627. The molecule has 130 valence electrons. The van der Waals surface area contributed by atoms with Crippen molar-refractivity contribution >= 4 is 11.4 Å². The summed E-state index contributed by atoms with van der Waals surface area (Å²) in [5.41, 5.74) is 4.95. The molecule has 2 aromatic carbocycles. The van der Waals surface area contributed by atoms with Crippen molar-refractivity contribution in [3.63, 3.8) is 0 Å². The van der Waals surface area contributed by atoms with E-state index in [-0.39, 0.29) is 0 Å². The molecule has 0 saturated carbocycles. The molecule has 0 amide bonds. The molecule has 0 atom stereocenters. The Hall–Kier alpha value is -2.04. The van der Waals surface area contributed by atoms with Gasteiger partial charge in [0.15, 0.2) is 0 Å². The molecule has 0 aromatic heterocycles. The molecular weight excluding hydrogens is 296 g/mol. The van der Waals surface area contributed by atoms with Crippen LogP contribution in [0.2, 0.25) is 0 Å². The van der Waals surface area contributed by atoms with E-state index in [1.54, 1.807) is 0 Å². The van der Waals surface area contributed by atoms with Crippen molar-refractivity contribution in [3.8, 4) is 0 Å². The van der Waals surface area contributed by atoms with Crippen LogP contribution in [0.5, 0.6) is 0 Å². The summed E-state index contributed by atoms with van der Waals surface area (Å²) in [7, 11) is 0. The van der Waals surface area contributed by atoms with Gasteiger partial charge in [0.25, 0.3) is 0 Å². The van der Waals surface area contributed by atoms with Crippen LogP contribution in [-0.2, 0) is 0 Å². The Morgan fingerprint density at radius 2 is 0.833 bits per heavy atom. The largest absolute Gasteiger partial charge is 0.384 e. The van der Waals surface area contributed by atoms with E-state index < -0.39 is 0 Å². The number of benzene rings is 2. The highest BCUT2D eigenvalue weighted by atomic mass is 15.0. The lowest BCUT2D eigenvalue weighted by atomic mass is 10.2. The lowest BCUT2D eigenvalue weighted by Gasteiger charge is -2.10. The highest BCUT2D eigenvalue weighted by molar-refractivity contribution is 5.44. The number of anilines is 2. The highest BCUT2D eigenvalue weighted by Gasteiger charge is 1.93. The van der Waals surface area contributed by atoms with Crippen LogP contribution in [0.4, 0.5) is 11.4 Å². The van der Waals surface area contributed by atoms with Crippen molar-refractivity contribution in [2.75, 3.05) is 49.9 Å². The third-order valence-corrected chi connectivity index (χ3v) is 3.84. The first-order valence-corrected chi connectivity index (χ1v) is 8.76. The number of hydrogen-bond donors (Lipinski definition) is 4. The first-order chi connectivity index (χ1) is 11.7. The molecule has 4 nitrogen and oxygen atoms in total. The van der Waals surface area contributed by atoms with Crippen molar-refractivity contribution in [3.05, 3.63) is 59.7 Å². The van der Waals surface area contributed by atoms with E-state index in [9.17, 15) is 0 Å². The van der Waals surface area contributed by atoms with Gasteiger partial charge >= 0.3 is 0 Å². The maximum Gasteiger partial charge on any atom is 0.0340 e. The summed E-state index contributed by atoms with van der Waals surface area (Å²) in [6.07, 6.45) is 0. The van der Waals surface area contributed by atoms with Crippen LogP contribution >= 0.6 is 0 Å². The molecule has 0 unspecified atom stereocenters. The first-order valence-electron chi connectivity index (χ1n) is 8.76. The Bertz CT molecular complexity index is 510. The SMILES string of the molecule is Cc1ccc(NCCNCCNCCNc2ccc(C)cc2)cc1. The summed E-state index contributed by atoms with van der Waals surface area (Å²) < 4.78 is 0. The van der Waals surface area contributed by atoms with E-state index in [1.807, 2.05) is 0 Å². The number of aryl methyl sites for hydroxylation is 2. The molecule has 0 aliphatic carbocycles. The molecule has 4 N–H and O–H groups in total. The zero-order chi connectivity index (χ0) is 17.0. The van der Waals surface area contributed by atoms with Gasteiger partial charge in [-0.3, -0.25) is 0 Å². The molecule has 24 heavy (non-hydrogen) atoms.